The molecule has 1 aromatic heterocycles. The first-order valence-electron chi connectivity index (χ1n) is 9.99. The molecule has 0 bridgehead atoms. The van der Waals surface area contributed by atoms with Gasteiger partial charge in [-0.2, -0.15) is 18.3 Å². The number of aryl methyl sites for hydroxylation is 1. The molecule has 2 heterocycles. The Morgan fingerprint density at radius 3 is 2.45 bits per heavy atom. The van der Waals surface area contributed by atoms with Gasteiger partial charge in [-0.1, -0.05) is 12.1 Å². The highest BCUT2D eigenvalue weighted by atomic mass is 19.4. The molecule has 1 atom stereocenters. The number of fused-ring (bicyclic) bond motifs is 1. The molecule has 0 spiro atoms. The highest BCUT2D eigenvalue weighted by Crippen LogP contribution is 2.32. The van der Waals surface area contributed by atoms with Crippen molar-refractivity contribution in [3.8, 4) is 0 Å². The topological polar surface area (TPSA) is 67.6 Å². The molecule has 1 fully saturated rings. The maximum absolute atomic E-state index is 13.1. The first-order chi connectivity index (χ1) is 14.6. The lowest BCUT2D eigenvalue weighted by Gasteiger charge is -2.33. The van der Waals surface area contributed by atoms with Crippen LogP contribution < -0.4 is 0 Å². The lowest BCUT2D eigenvalue weighted by atomic mass is 9.95. The van der Waals surface area contributed by atoms with Crippen LogP contribution in [-0.4, -0.2) is 51.7 Å². The Morgan fingerprint density at radius 1 is 1.23 bits per heavy atom. The van der Waals surface area contributed by atoms with Gasteiger partial charge in [0.25, 0.3) is 0 Å². The molecule has 6 nitrogen and oxygen atoms in total. The van der Waals surface area contributed by atoms with Crippen molar-refractivity contribution in [1.82, 2.24) is 14.7 Å². The number of aliphatic carboxylic acids is 1. The summed E-state index contributed by atoms with van der Waals surface area (Å²) in [6.07, 6.45) is -0.450. The first-order valence-corrected chi connectivity index (χ1v) is 9.99. The number of ether oxygens (including phenoxy) is 1. The average molecular weight is 443 g/mol. The zero-order valence-corrected chi connectivity index (χ0v) is 17.1. The van der Waals surface area contributed by atoms with E-state index in [0.717, 1.165) is 44.3 Å². The Kier molecular flexibility index (Phi) is 7.32. The van der Waals surface area contributed by atoms with Crippen molar-refractivity contribution in [1.29, 1.82) is 0 Å². The molecule has 1 aliphatic heterocycles. The van der Waals surface area contributed by atoms with E-state index >= 15 is 0 Å². The largest absolute Gasteiger partial charge is 0.490 e. The van der Waals surface area contributed by atoms with Crippen LogP contribution in [0.25, 0.3) is 0 Å². The van der Waals surface area contributed by atoms with Gasteiger partial charge in [0.05, 0.1) is 18.5 Å². The van der Waals surface area contributed by atoms with Crippen molar-refractivity contribution < 1.29 is 32.2 Å². The zero-order chi connectivity index (χ0) is 22.6. The highest BCUT2D eigenvalue weighted by molar-refractivity contribution is 5.73. The van der Waals surface area contributed by atoms with E-state index in [2.05, 4.69) is 10.00 Å². The second kappa shape index (κ2) is 9.78. The molecule has 4 rings (SSSR count). The van der Waals surface area contributed by atoms with Gasteiger partial charge in [-0.25, -0.2) is 9.18 Å². The van der Waals surface area contributed by atoms with Crippen molar-refractivity contribution in [2.45, 2.75) is 38.0 Å². The Bertz CT molecular complexity index is 879. The Balaban J connectivity index is 0.000000339. The minimum absolute atomic E-state index is 0.183. The van der Waals surface area contributed by atoms with Crippen LogP contribution >= 0.6 is 0 Å². The number of hydrogen-bond acceptors (Lipinski definition) is 4. The summed E-state index contributed by atoms with van der Waals surface area (Å²) >= 11 is 0. The number of halogens is 4. The number of carboxylic acids is 1. The molecule has 10 heteroatoms. The number of alkyl halides is 3. The van der Waals surface area contributed by atoms with Crippen LogP contribution in [0.15, 0.2) is 30.5 Å². The minimum atomic E-state index is -5.08. The Morgan fingerprint density at radius 2 is 1.87 bits per heavy atom. The monoisotopic (exact) mass is 443 g/mol. The summed E-state index contributed by atoms with van der Waals surface area (Å²) in [4.78, 5) is 11.3. The molecule has 1 N–H and O–H groups in total. The molecule has 0 amide bonds. The summed E-state index contributed by atoms with van der Waals surface area (Å²) in [7, 11) is 2.00. The predicted molar refractivity (Wildman–Crippen MR) is 104 cm³/mol. The number of nitrogens with zero attached hydrogens (tertiary/aromatic N) is 3. The van der Waals surface area contributed by atoms with Crippen LogP contribution in [0.2, 0.25) is 0 Å². The smallest absolute Gasteiger partial charge is 0.475 e. The molecule has 0 radical (unpaired) electrons. The molecule has 1 saturated carbocycles. The molecule has 1 aromatic carbocycles. The summed E-state index contributed by atoms with van der Waals surface area (Å²) in [6, 6.07) is 6.80. The van der Waals surface area contributed by atoms with Crippen molar-refractivity contribution in [3.05, 3.63) is 53.1 Å². The van der Waals surface area contributed by atoms with Gasteiger partial charge >= 0.3 is 12.1 Å². The fourth-order valence-electron chi connectivity index (χ4n) is 3.47. The van der Waals surface area contributed by atoms with Crippen molar-refractivity contribution in [2.24, 2.45) is 13.0 Å². The molecule has 2 aromatic rings. The summed E-state index contributed by atoms with van der Waals surface area (Å²) in [5.41, 5.74) is 3.73. The van der Waals surface area contributed by atoms with E-state index in [1.54, 1.807) is 0 Å². The van der Waals surface area contributed by atoms with Crippen LogP contribution in [0, 0.1) is 11.7 Å². The van der Waals surface area contributed by atoms with Crippen LogP contribution in [-0.2, 0) is 29.7 Å². The Hall–Kier alpha value is -2.46. The number of benzene rings is 1. The van der Waals surface area contributed by atoms with E-state index in [1.165, 1.54) is 36.2 Å². The van der Waals surface area contributed by atoms with E-state index in [0.29, 0.717) is 5.92 Å². The maximum atomic E-state index is 13.1. The van der Waals surface area contributed by atoms with Crippen LogP contribution in [0.4, 0.5) is 17.6 Å². The van der Waals surface area contributed by atoms with Gasteiger partial charge in [0.15, 0.2) is 0 Å². The Labute approximate surface area is 177 Å². The van der Waals surface area contributed by atoms with E-state index in [-0.39, 0.29) is 5.82 Å². The molecule has 170 valence electrons. The number of rotatable bonds is 6. The lowest BCUT2D eigenvalue weighted by molar-refractivity contribution is -0.192. The third-order valence-corrected chi connectivity index (χ3v) is 5.32. The lowest BCUT2D eigenvalue weighted by Crippen LogP contribution is -2.35. The van der Waals surface area contributed by atoms with E-state index in [9.17, 15) is 17.6 Å². The number of hydrogen-bond donors (Lipinski definition) is 1. The van der Waals surface area contributed by atoms with Crippen molar-refractivity contribution in [2.75, 3.05) is 19.8 Å². The summed E-state index contributed by atoms with van der Waals surface area (Å²) in [6.45, 7) is 4.31. The molecule has 2 aliphatic rings. The van der Waals surface area contributed by atoms with Crippen LogP contribution in [0.1, 0.15) is 35.6 Å². The minimum Gasteiger partial charge on any atom is -0.475 e. The highest BCUT2D eigenvalue weighted by Gasteiger charge is 2.38. The SMILES string of the molecule is Cn1ncc2c1CN(Cc1ccc(F)cc1)CC2COCC1CC1.O=C(O)C(F)(F)F. The molecule has 1 unspecified atom stereocenters. The second-order valence-corrected chi connectivity index (χ2v) is 7.95. The fourth-order valence-corrected chi connectivity index (χ4v) is 3.47. The van der Waals surface area contributed by atoms with Gasteiger partial charge in [-0.05, 0) is 36.5 Å². The summed E-state index contributed by atoms with van der Waals surface area (Å²) in [5, 5.41) is 11.6. The summed E-state index contributed by atoms with van der Waals surface area (Å²) in [5.74, 6) is -1.79. The van der Waals surface area contributed by atoms with Gasteiger partial charge in [0.2, 0.25) is 0 Å². The van der Waals surface area contributed by atoms with Gasteiger partial charge < -0.3 is 9.84 Å². The van der Waals surface area contributed by atoms with Gasteiger partial charge in [0, 0.05) is 44.8 Å². The maximum Gasteiger partial charge on any atom is 0.490 e. The first kappa shape index (κ1) is 23.2. The van der Waals surface area contributed by atoms with Crippen molar-refractivity contribution >= 4 is 5.97 Å². The van der Waals surface area contributed by atoms with Crippen LogP contribution in [0.3, 0.4) is 0 Å². The third-order valence-electron chi connectivity index (χ3n) is 5.32. The molecule has 1 aliphatic carbocycles. The van der Waals surface area contributed by atoms with Gasteiger partial charge in [0.1, 0.15) is 5.82 Å². The molecule has 0 saturated heterocycles. The molecular formula is C21H25F4N3O3. The van der Waals surface area contributed by atoms with Crippen molar-refractivity contribution in [3.63, 3.8) is 0 Å². The quantitative estimate of drug-likeness (QED) is 0.690. The number of carbonyl (C=O) groups is 1. The predicted octanol–water partition coefficient (Wildman–Crippen LogP) is 3.72. The normalized spacial score (nSPS) is 18.8. The van der Waals surface area contributed by atoms with E-state index in [1.807, 2.05) is 30.1 Å². The zero-order valence-electron chi connectivity index (χ0n) is 17.1. The second-order valence-electron chi connectivity index (χ2n) is 7.95. The fraction of sp³-hybridized carbons (Fsp3) is 0.524. The van der Waals surface area contributed by atoms with Gasteiger partial charge in [-0.3, -0.25) is 9.58 Å². The van der Waals surface area contributed by atoms with E-state index < -0.39 is 12.1 Å². The van der Waals surface area contributed by atoms with Gasteiger partial charge in [-0.15, -0.1) is 0 Å². The van der Waals surface area contributed by atoms with Crippen LogP contribution in [0.5, 0.6) is 0 Å². The standard InChI is InChI=1S/C19H24FN3O.C2HF3O2/c1-22-19-11-23(9-14-4-6-17(20)7-5-14)10-16(18(19)8-21-22)13-24-12-15-2-3-15;3-2(4,5)1(6)7/h4-8,15-16H,2-3,9-13H2,1H3;(H,6,7). The average Bonchev–Trinajstić information content (AvgIpc) is 3.45. The molecule has 31 heavy (non-hydrogen) atoms. The third kappa shape index (κ3) is 6.76. The number of carboxylic acid groups (broad SMARTS) is 1. The summed E-state index contributed by atoms with van der Waals surface area (Å²) < 4.78 is 52.8. The number of aromatic nitrogens is 2. The molecular weight excluding hydrogens is 418 g/mol. The van der Waals surface area contributed by atoms with E-state index in [4.69, 9.17) is 14.6 Å².